The van der Waals surface area contributed by atoms with Gasteiger partial charge in [-0.3, -0.25) is 9.89 Å². The lowest BCUT2D eigenvalue weighted by atomic mass is 10.1. The van der Waals surface area contributed by atoms with Gasteiger partial charge in [0.15, 0.2) is 0 Å². The fourth-order valence-corrected chi connectivity index (χ4v) is 2.99. The van der Waals surface area contributed by atoms with Crippen LogP contribution in [0.4, 0.5) is 0 Å². The molecule has 0 aliphatic heterocycles. The second-order valence-electron chi connectivity index (χ2n) is 5.18. The number of hydrogen-bond donors (Lipinski definition) is 3. The minimum absolute atomic E-state index is 0.109. The zero-order valence-electron chi connectivity index (χ0n) is 12.5. The van der Waals surface area contributed by atoms with E-state index in [9.17, 15) is 4.79 Å². The Labute approximate surface area is 150 Å². The van der Waals surface area contributed by atoms with E-state index in [0.29, 0.717) is 15.6 Å². The third kappa shape index (κ3) is 2.75. The molecule has 0 aliphatic carbocycles. The molecule has 4 rings (SSSR count). The maximum absolute atomic E-state index is 12.0. The van der Waals surface area contributed by atoms with Gasteiger partial charge in [-0.2, -0.15) is 5.10 Å². The minimum atomic E-state index is -0.474. The smallest absolute Gasteiger partial charge is 0.309 e. The molecule has 0 saturated carbocycles. The molecule has 8 nitrogen and oxygen atoms in total. The molecule has 126 valence electrons. The predicted molar refractivity (Wildman–Crippen MR) is 91.4 cm³/mol. The molecular formula is C15H10Cl2N6O2. The Morgan fingerprint density at radius 3 is 2.92 bits per heavy atom. The number of aromatic nitrogens is 5. The number of aromatic amines is 2. The van der Waals surface area contributed by atoms with Gasteiger partial charge in [-0.25, -0.2) is 0 Å². The van der Waals surface area contributed by atoms with E-state index >= 15 is 0 Å². The first kappa shape index (κ1) is 15.7. The SMILES string of the molecule is O=C(NCc1[nH]c2c(Cl)c(Cl)ccc2c1-c1cn[nH]c1)c1nnco1. The van der Waals surface area contributed by atoms with Crippen LogP contribution in [0.3, 0.4) is 0 Å². The summed E-state index contributed by atoms with van der Waals surface area (Å²) in [7, 11) is 0. The van der Waals surface area contributed by atoms with Crippen molar-refractivity contribution in [1.82, 2.24) is 30.7 Å². The van der Waals surface area contributed by atoms with Gasteiger partial charge >= 0.3 is 11.8 Å². The van der Waals surface area contributed by atoms with Crippen LogP contribution >= 0.6 is 23.2 Å². The van der Waals surface area contributed by atoms with Crippen LogP contribution in [0.1, 0.15) is 16.4 Å². The molecule has 0 fully saturated rings. The summed E-state index contributed by atoms with van der Waals surface area (Å²) in [5.74, 6) is -0.583. The number of carbonyl (C=O) groups excluding carboxylic acids is 1. The number of hydrogen-bond acceptors (Lipinski definition) is 5. The molecule has 4 aromatic rings. The highest BCUT2D eigenvalue weighted by Crippen LogP contribution is 2.38. The maximum Gasteiger partial charge on any atom is 0.309 e. The summed E-state index contributed by atoms with van der Waals surface area (Å²) in [5, 5.41) is 18.3. The summed E-state index contributed by atoms with van der Waals surface area (Å²) in [4.78, 5) is 15.2. The Hall–Kier alpha value is -2.84. The highest BCUT2D eigenvalue weighted by atomic mass is 35.5. The average Bonchev–Trinajstić information content (AvgIpc) is 3.36. The van der Waals surface area contributed by atoms with E-state index in [1.165, 1.54) is 0 Å². The van der Waals surface area contributed by atoms with Crippen molar-refractivity contribution in [2.45, 2.75) is 6.54 Å². The van der Waals surface area contributed by atoms with Crippen LogP contribution in [0.2, 0.25) is 10.0 Å². The summed E-state index contributed by atoms with van der Waals surface area (Å²) in [6, 6.07) is 3.59. The van der Waals surface area contributed by atoms with Crippen LogP contribution in [0.25, 0.3) is 22.0 Å². The van der Waals surface area contributed by atoms with E-state index in [1.807, 2.05) is 6.07 Å². The minimum Gasteiger partial charge on any atom is -0.420 e. The van der Waals surface area contributed by atoms with Crippen molar-refractivity contribution in [2.24, 2.45) is 0 Å². The lowest BCUT2D eigenvalue weighted by Gasteiger charge is -2.04. The number of nitrogens with zero attached hydrogens (tertiary/aromatic N) is 3. The summed E-state index contributed by atoms with van der Waals surface area (Å²) in [6.07, 6.45) is 4.54. The largest absolute Gasteiger partial charge is 0.420 e. The van der Waals surface area contributed by atoms with Crippen molar-refractivity contribution < 1.29 is 9.21 Å². The second kappa shape index (κ2) is 6.23. The summed E-state index contributed by atoms with van der Waals surface area (Å²) in [5.41, 5.74) is 3.15. The number of nitrogens with one attached hydrogen (secondary N) is 3. The van der Waals surface area contributed by atoms with E-state index in [0.717, 1.165) is 28.6 Å². The molecule has 0 aliphatic rings. The van der Waals surface area contributed by atoms with E-state index in [1.54, 1.807) is 18.5 Å². The van der Waals surface area contributed by atoms with Crippen LogP contribution < -0.4 is 5.32 Å². The Bertz CT molecular complexity index is 1040. The van der Waals surface area contributed by atoms with Crippen molar-refractivity contribution in [3.05, 3.63) is 52.5 Å². The number of rotatable bonds is 4. The van der Waals surface area contributed by atoms with E-state index < -0.39 is 5.91 Å². The zero-order chi connectivity index (χ0) is 17.4. The van der Waals surface area contributed by atoms with Gasteiger partial charge in [0.25, 0.3) is 0 Å². The highest BCUT2D eigenvalue weighted by molar-refractivity contribution is 6.45. The molecule has 25 heavy (non-hydrogen) atoms. The molecule has 0 saturated heterocycles. The summed E-state index contributed by atoms with van der Waals surface area (Å²) in [6.45, 7) is 0.199. The zero-order valence-corrected chi connectivity index (χ0v) is 14.0. The Balaban J connectivity index is 1.76. The van der Waals surface area contributed by atoms with Crippen LogP contribution in [0.5, 0.6) is 0 Å². The summed E-state index contributed by atoms with van der Waals surface area (Å²) >= 11 is 12.4. The van der Waals surface area contributed by atoms with Gasteiger partial charge in [-0.05, 0) is 6.07 Å². The van der Waals surface area contributed by atoms with Crippen molar-refractivity contribution in [3.8, 4) is 11.1 Å². The van der Waals surface area contributed by atoms with Gasteiger partial charge in [0.05, 0.1) is 28.3 Å². The van der Waals surface area contributed by atoms with Crippen molar-refractivity contribution in [2.75, 3.05) is 0 Å². The lowest BCUT2D eigenvalue weighted by Crippen LogP contribution is -2.23. The Kier molecular flexibility index (Phi) is 3.90. The van der Waals surface area contributed by atoms with Crippen LogP contribution in [-0.2, 0) is 6.54 Å². The Morgan fingerprint density at radius 2 is 2.20 bits per heavy atom. The standard InChI is InChI=1S/C15H10Cl2N6O2/c16-9-2-1-8-11(7-3-19-20-4-7)10(22-13(8)12(9)17)5-18-14(24)15-23-21-6-25-15/h1-4,6,22H,5H2,(H,18,24)(H,19,20). The molecule has 10 heteroatoms. The molecule has 0 unspecified atom stereocenters. The average molecular weight is 377 g/mol. The number of benzene rings is 1. The quantitative estimate of drug-likeness (QED) is 0.506. The first-order valence-electron chi connectivity index (χ1n) is 7.17. The number of carbonyl (C=O) groups is 1. The number of H-pyrrole nitrogens is 2. The monoisotopic (exact) mass is 376 g/mol. The van der Waals surface area contributed by atoms with Crippen molar-refractivity contribution in [1.29, 1.82) is 0 Å². The molecule has 3 aromatic heterocycles. The summed E-state index contributed by atoms with van der Waals surface area (Å²) < 4.78 is 4.88. The second-order valence-corrected chi connectivity index (χ2v) is 5.96. The molecule has 3 N–H and O–H groups in total. The normalized spacial score (nSPS) is 11.1. The van der Waals surface area contributed by atoms with Crippen molar-refractivity contribution >= 4 is 40.0 Å². The fourth-order valence-electron chi connectivity index (χ4n) is 2.62. The number of halogens is 2. The molecule has 0 spiro atoms. The van der Waals surface area contributed by atoms with Gasteiger partial charge in [0, 0.05) is 28.4 Å². The first-order valence-corrected chi connectivity index (χ1v) is 7.93. The van der Waals surface area contributed by atoms with Crippen LogP contribution in [0, 0.1) is 0 Å². The number of fused-ring (bicyclic) bond motifs is 1. The molecule has 0 atom stereocenters. The predicted octanol–water partition coefficient (Wildman–Crippen LogP) is 3.18. The Morgan fingerprint density at radius 1 is 1.32 bits per heavy atom. The topological polar surface area (TPSA) is 112 Å². The van der Waals surface area contributed by atoms with Gasteiger partial charge in [0.2, 0.25) is 6.39 Å². The molecule has 0 bridgehead atoms. The van der Waals surface area contributed by atoms with Gasteiger partial charge in [-0.15, -0.1) is 10.2 Å². The van der Waals surface area contributed by atoms with Gasteiger partial charge < -0.3 is 14.7 Å². The molecule has 3 heterocycles. The molecule has 0 radical (unpaired) electrons. The van der Waals surface area contributed by atoms with E-state index in [4.69, 9.17) is 27.6 Å². The third-order valence-electron chi connectivity index (χ3n) is 3.71. The maximum atomic E-state index is 12.0. The number of amides is 1. The van der Waals surface area contributed by atoms with Gasteiger partial charge in [-0.1, -0.05) is 29.3 Å². The van der Waals surface area contributed by atoms with Crippen LogP contribution in [0.15, 0.2) is 35.3 Å². The third-order valence-corrected chi connectivity index (χ3v) is 4.51. The van der Waals surface area contributed by atoms with E-state index in [2.05, 4.69) is 30.7 Å². The fraction of sp³-hybridized carbons (Fsp3) is 0.0667. The lowest BCUT2D eigenvalue weighted by molar-refractivity contribution is 0.0915. The van der Waals surface area contributed by atoms with Crippen LogP contribution in [-0.4, -0.2) is 31.3 Å². The van der Waals surface area contributed by atoms with Crippen molar-refractivity contribution in [3.63, 3.8) is 0 Å². The first-order chi connectivity index (χ1) is 12.1. The molecular weight excluding hydrogens is 367 g/mol. The van der Waals surface area contributed by atoms with Gasteiger partial charge in [0.1, 0.15) is 0 Å². The highest BCUT2D eigenvalue weighted by Gasteiger charge is 2.19. The molecule has 1 aromatic carbocycles. The molecule has 1 amide bonds. The van der Waals surface area contributed by atoms with E-state index in [-0.39, 0.29) is 12.4 Å².